The first kappa shape index (κ1) is 28.2. The summed E-state index contributed by atoms with van der Waals surface area (Å²) in [5, 5.41) is 14.5. The summed E-state index contributed by atoms with van der Waals surface area (Å²) in [6.07, 6.45) is -1.85. The van der Waals surface area contributed by atoms with Gasteiger partial charge in [-0.25, -0.2) is 22.8 Å². The van der Waals surface area contributed by atoms with Crippen molar-refractivity contribution >= 4 is 28.0 Å². The van der Waals surface area contributed by atoms with Gasteiger partial charge in [-0.3, -0.25) is 0 Å². The number of carboxylic acid groups (broad SMARTS) is 1. The van der Waals surface area contributed by atoms with Crippen LogP contribution < -0.4 is 10.6 Å². The molecule has 0 aliphatic heterocycles. The van der Waals surface area contributed by atoms with Gasteiger partial charge >= 0.3 is 18.2 Å². The lowest BCUT2D eigenvalue weighted by molar-refractivity contribution is -0.148. The van der Waals surface area contributed by atoms with E-state index < -0.39 is 56.1 Å². The predicted octanol–water partition coefficient (Wildman–Crippen LogP) is 2.72. The van der Waals surface area contributed by atoms with Crippen molar-refractivity contribution in [3.8, 4) is 0 Å². The number of sulfone groups is 1. The molecule has 0 aliphatic carbocycles. The number of rotatable bonds is 9. The number of hydrogen-bond donors (Lipinski definition) is 3. The van der Waals surface area contributed by atoms with Crippen molar-refractivity contribution in [1.82, 2.24) is 10.6 Å². The number of hydrogen-bond acceptors (Lipinski definition) is 7. The van der Waals surface area contributed by atoms with Crippen molar-refractivity contribution in [1.29, 1.82) is 0 Å². The largest absolute Gasteiger partial charge is 0.479 e. The fraction of sp³-hybridized carbons (Fsp3) is 0.591. The maximum absolute atomic E-state index is 12.8. The number of benzene rings is 1. The zero-order chi connectivity index (χ0) is 25.5. The van der Waals surface area contributed by atoms with Gasteiger partial charge in [0.1, 0.15) is 12.2 Å². The molecular formula is C22H34N2O8S. The topological polar surface area (TPSA) is 148 Å². The van der Waals surface area contributed by atoms with Crippen LogP contribution in [-0.2, 0) is 30.7 Å². The number of ether oxygens (including phenoxy) is 2. The van der Waals surface area contributed by atoms with Gasteiger partial charge in [-0.1, -0.05) is 51.1 Å². The zero-order valence-electron chi connectivity index (χ0n) is 19.9. The van der Waals surface area contributed by atoms with Crippen LogP contribution in [0.3, 0.4) is 0 Å². The van der Waals surface area contributed by atoms with Gasteiger partial charge in [-0.05, 0) is 31.7 Å². The lowest BCUT2D eigenvalue weighted by Gasteiger charge is -2.41. The molecule has 11 heteroatoms. The maximum Gasteiger partial charge on any atom is 0.408 e. The van der Waals surface area contributed by atoms with Crippen LogP contribution in [0.25, 0.3) is 0 Å². The van der Waals surface area contributed by atoms with Gasteiger partial charge in [0.25, 0.3) is 0 Å². The van der Waals surface area contributed by atoms with E-state index >= 15 is 0 Å². The van der Waals surface area contributed by atoms with E-state index in [4.69, 9.17) is 9.47 Å². The Bertz CT molecular complexity index is 933. The Morgan fingerprint density at radius 3 is 2.03 bits per heavy atom. The molecule has 2 amide bonds. The molecule has 186 valence electrons. The summed E-state index contributed by atoms with van der Waals surface area (Å²) in [4.78, 5) is 36.4. The second-order valence-corrected chi connectivity index (χ2v) is 11.9. The minimum atomic E-state index is -4.04. The first-order valence-electron chi connectivity index (χ1n) is 10.4. The highest BCUT2D eigenvalue weighted by atomic mass is 32.2. The number of carbonyl (C=O) groups is 3. The van der Waals surface area contributed by atoms with Crippen LogP contribution in [0, 0.1) is 5.41 Å². The molecule has 0 spiro atoms. The second kappa shape index (κ2) is 10.9. The van der Waals surface area contributed by atoms with E-state index in [9.17, 15) is 27.9 Å². The summed E-state index contributed by atoms with van der Waals surface area (Å²) < 4.78 is 35.7. The molecule has 1 aromatic carbocycles. The third kappa shape index (κ3) is 9.29. The van der Waals surface area contributed by atoms with Crippen LogP contribution in [0.4, 0.5) is 9.59 Å². The van der Waals surface area contributed by atoms with E-state index in [0.717, 1.165) is 5.56 Å². The first-order chi connectivity index (χ1) is 15.0. The molecule has 0 aliphatic rings. The Labute approximate surface area is 195 Å². The minimum absolute atomic E-state index is 0.0192. The summed E-state index contributed by atoms with van der Waals surface area (Å²) in [7, 11) is -4.04. The van der Waals surface area contributed by atoms with Crippen LogP contribution in [0.15, 0.2) is 30.3 Å². The van der Waals surface area contributed by atoms with Gasteiger partial charge in [-0.2, -0.15) is 0 Å². The van der Waals surface area contributed by atoms with Gasteiger partial charge in [-0.15, -0.1) is 0 Å². The SMILES string of the molecule is CC(C)(C)OC(=O)NC(CS(=O)(=O)CCNC(=O)OCc1ccccc1)(C(=O)O)C(C)(C)C. The average molecular weight is 487 g/mol. The summed E-state index contributed by atoms with van der Waals surface area (Å²) in [6, 6.07) is 8.94. The van der Waals surface area contributed by atoms with E-state index in [1.807, 2.05) is 6.07 Å². The van der Waals surface area contributed by atoms with E-state index in [2.05, 4.69) is 10.6 Å². The van der Waals surface area contributed by atoms with Crippen molar-refractivity contribution in [2.75, 3.05) is 18.1 Å². The van der Waals surface area contributed by atoms with Crippen molar-refractivity contribution in [3.63, 3.8) is 0 Å². The molecule has 1 aromatic rings. The summed E-state index contributed by atoms with van der Waals surface area (Å²) in [5.74, 6) is -2.95. The Morgan fingerprint density at radius 2 is 1.55 bits per heavy atom. The smallest absolute Gasteiger partial charge is 0.408 e. The number of nitrogens with one attached hydrogen (secondary N) is 2. The molecule has 1 atom stereocenters. The number of carboxylic acids is 1. The number of amides is 2. The maximum atomic E-state index is 12.8. The minimum Gasteiger partial charge on any atom is -0.479 e. The molecular weight excluding hydrogens is 452 g/mol. The molecule has 0 bridgehead atoms. The number of alkyl carbamates (subject to hydrolysis) is 2. The fourth-order valence-corrected chi connectivity index (χ4v) is 4.68. The molecule has 10 nitrogen and oxygen atoms in total. The predicted molar refractivity (Wildman–Crippen MR) is 122 cm³/mol. The van der Waals surface area contributed by atoms with Crippen LogP contribution in [0.1, 0.15) is 47.1 Å². The summed E-state index contributed by atoms with van der Waals surface area (Å²) in [6.45, 7) is 9.06. The van der Waals surface area contributed by atoms with Gasteiger partial charge < -0.3 is 25.2 Å². The normalized spacial score (nSPS) is 14.0. The van der Waals surface area contributed by atoms with E-state index in [1.165, 1.54) is 20.8 Å². The Kier molecular flexibility index (Phi) is 9.29. The van der Waals surface area contributed by atoms with Gasteiger partial charge in [0.15, 0.2) is 15.4 Å². The molecule has 1 unspecified atom stereocenters. The molecule has 3 N–H and O–H groups in total. The highest BCUT2D eigenvalue weighted by molar-refractivity contribution is 7.91. The van der Waals surface area contributed by atoms with Gasteiger partial charge in [0, 0.05) is 6.54 Å². The molecule has 1 rings (SSSR count). The zero-order valence-corrected chi connectivity index (χ0v) is 20.7. The van der Waals surface area contributed by atoms with Crippen LogP contribution in [0.5, 0.6) is 0 Å². The van der Waals surface area contributed by atoms with Crippen LogP contribution >= 0.6 is 0 Å². The molecule has 0 heterocycles. The first-order valence-corrected chi connectivity index (χ1v) is 12.2. The van der Waals surface area contributed by atoms with Gasteiger partial charge in [0.2, 0.25) is 0 Å². The average Bonchev–Trinajstić information content (AvgIpc) is 2.63. The fourth-order valence-electron chi connectivity index (χ4n) is 2.84. The van der Waals surface area contributed by atoms with Crippen molar-refractivity contribution < 1.29 is 37.4 Å². The van der Waals surface area contributed by atoms with Crippen molar-refractivity contribution in [3.05, 3.63) is 35.9 Å². The van der Waals surface area contributed by atoms with Gasteiger partial charge in [0.05, 0.1) is 11.5 Å². The van der Waals surface area contributed by atoms with Crippen molar-refractivity contribution in [2.24, 2.45) is 5.41 Å². The van der Waals surface area contributed by atoms with Crippen LogP contribution in [-0.4, -0.2) is 60.9 Å². The molecule has 0 saturated heterocycles. The number of carbonyl (C=O) groups excluding carboxylic acids is 2. The molecule has 0 saturated carbocycles. The molecule has 0 fully saturated rings. The molecule has 33 heavy (non-hydrogen) atoms. The lowest BCUT2D eigenvalue weighted by atomic mass is 9.74. The monoisotopic (exact) mass is 486 g/mol. The lowest BCUT2D eigenvalue weighted by Crippen LogP contribution is -2.66. The third-order valence-electron chi connectivity index (χ3n) is 4.69. The quantitative estimate of drug-likeness (QED) is 0.482. The summed E-state index contributed by atoms with van der Waals surface area (Å²) in [5.41, 5.74) is -3.49. The molecule has 0 radical (unpaired) electrons. The Balaban J connectivity index is 2.83. The molecule has 0 aromatic heterocycles. The second-order valence-electron chi connectivity index (χ2n) is 9.67. The Hall–Kier alpha value is -2.82. The van der Waals surface area contributed by atoms with E-state index in [1.54, 1.807) is 45.0 Å². The van der Waals surface area contributed by atoms with E-state index in [0.29, 0.717) is 0 Å². The standard InChI is InChI=1S/C22H34N2O8S/c1-20(2,3)22(17(25)26,24-19(28)32-21(4,5)6)15-33(29,30)13-12-23-18(27)31-14-16-10-8-7-9-11-16/h7-11H,12-15H2,1-6H3,(H,23,27)(H,24,28)(H,25,26). The van der Waals surface area contributed by atoms with Crippen molar-refractivity contribution in [2.45, 2.75) is 59.3 Å². The third-order valence-corrected chi connectivity index (χ3v) is 6.39. The Morgan fingerprint density at radius 1 is 0.970 bits per heavy atom. The highest BCUT2D eigenvalue weighted by Gasteiger charge is 2.53. The van der Waals surface area contributed by atoms with Crippen LogP contribution in [0.2, 0.25) is 0 Å². The number of aliphatic carboxylic acids is 1. The summed E-state index contributed by atoms with van der Waals surface area (Å²) >= 11 is 0. The highest BCUT2D eigenvalue weighted by Crippen LogP contribution is 2.33. The van der Waals surface area contributed by atoms with E-state index in [-0.39, 0.29) is 13.2 Å².